The van der Waals surface area contributed by atoms with E-state index >= 15 is 0 Å². The van der Waals surface area contributed by atoms with Crippen LogP contribution in [0, 0.1) is 11.3 Å². The summed E-state index contributed by atoms with van der Waals surface area (Å²) >= 11 is 1.71. The van der Waals surface area contributed by atoms with Gasteiger partial charge in [-0.3, -0.25) is 0 Å². The highest BCUT2D eigenvalue weighted by Gasteiger charge is 2.03. The van der Waals surface area contributed by atoms with Gasteiger partial charge in [0.2, 0.25) is 0 Å². The maximum Gasteiger partial charge on any atom is 0.118 e. The molecule has 3 heteroatoms. The van der Waals surface area contributed by atoms with Crippen molar-refractivity contribution in [3.63, 3.8) is 0 Å². The summed E-state index contributed by atoms with van der Waals surface area (Å²) in [5.41, 5.74) is 0. The van der Waals surface area contributed by atoms with E-state index in [0.717, 1.165) is 5.75 Å². The van der Waals surface area contributed by atoms with Crippen LogP contribution >= 0.6 is 11.8 Å². The lowest BCUT2D eigenvalue weighted by atomic mass is 10.3. The number of hydrogen-bond donors (Lipinski definition) is 0. The van der Waals surface area contributed by atoms with E-state index in [9.17, 15) is 0 Å². The lowest BCUT2D eigenvalue weighted by Gasteiger charge is -2.07. The summed E-state index contributed by atoms with van der Waals surface area (Å²) in [4.78, 5) is 1.17. The van der Waals surface area contributed by atoms with Crippen molar-refractivity contribution in [3.05, 3.63) is 24.3 Å². The third-order valence-corrected chi connectivity index (χ3v) is 2.89. The zero-order valence-electron chi connectivity index (χ0n) is 8.36. The second-order valence-electron chi connectivity index (χ2n) is 2.97. The Bertz CT molecular complexity index is 315. The topological polar surface area (TPSA) is 33.0 Å². The van der Waals surface area contributed by atoms with Gasteiger partial charge in [0.1, 0.15) is 5.75 Å². The van der Waals surface area contributed by atoms with Crippen molar-refractivity contribution < 1.29 is 4.74 Å². The fourth-order valence-electron chi connectivity index (χ4n) is 1.06. The highest BCUT2D eigenvalue weighted by atomic mass is 32.2. The van der Waals surface area contributed by atoms with Crippen molar-refractivity contribution in [2.24, 2.45) is 0 Å². The van der Waals surface area contributed by atoms with E-state index in [2.05, 4.69) is 13.0 Å². The lowest BCUT2D eigenvalue weighted by molar-refractivity contribution is 0.414. The molecular weight excluding hydrogens is 194 g/mol. The molecule has 1 aromatic rings. The Labute approximate surface area is 88.9 Å². The molecule has 0 aliphatic carbocycles. The predicted molar refractivity (Wildman–Crippen MR) is 58.5 cm³/mol. The first-order chi connectivity index (χ1) is 6.76. The van der Waals surface area contributed by atoms with Crippen molar-refractivity contribution in [2.75, 3.05) is 7.11 Å². The fraction of sp³-hybridized carbons (Fsp3) is 0.364. The van der Waals surface area contributed by atoms with Crippen LogP contribution in [0.4, 0.5) is 0 Å². The molecule has 1 atom stereocenters. The summed E-state index contributed by atoms with van der Waals surface area (Å²) in [6, 6.07) is 10.1. The Kier molecular flexibility index (Phi) is 4.34. The van der Waals surface area contributed by atoms with E-state index in [-0.39, 0.29) is 0 Å². The zero-order chi connectivity index (χ0) is 10.4. The molecule has 0 spiro atoms. The third kappa shape index (κ3) is 3.31. The van der Waals surface area contributed by atoms with Gasteiger partial charge in [0.15, 0.2) is 0 Å². The molecule has 0 N–H and O–H groups in total. The summed E-state index contributed by atoms with van der Waals surface area (Å²) in [6.07, 6.45) is 0.580. The summed E-state index contributed by atoms with van der Waals surface area (Å²) < 4.78 is 5.06. The van der Waals surface area contributed by atoms with E-state index in [1.165, 1.54) is 4.90 Å². The van der Waals surface area contributed by atoms with Crippen molar-refractivity contribution in [1.82, 2.24) is 0 Å². The second-order valence-corrected chi connectivity index (χ2v) is 4.48. The summed E-state index contributed by atoms with van der Waals surface area (Å²) in [7, 11) is 1.65. The first-order valence-corrected chi connectivity index (χ1v) is 5.32. The number of thioether (sulfide) groups is 1. The Hall–Kier alpha value is -1.14. The normalized spacial score (nSPS) is 11.8. The molecule has 0 saturated heterocycles. The van der Waals surface area contributed by atoms with Crippen LogP contribution < -0.4 is 4.74 Å². The van der Waals surface area contributed by atoms with Crippen molar-refractivity contribution in [2.45, 2.75) is 23.5 Å². The minimum atomic E-state index is 0.341. The number of nitriles is 1. The monoisotopic (exact) mass is 207 g/mol. The molecule has 0 amide bonds. The van der Waals surface area contributed by atoms with Gasteiger partial charge >= 0.3 is 0 Å². The van der Waals surface area contributed by atoms with Crippen LogP contribution in [-0.4, -0.2) is 12.4 Å². The Morgan fingerprint density at radius 1 is 1.43 bits per heavy atom. The predicted octanol–water partition coefficient (Wildman–Crippen LogP) is 3.09. The second kappa shape index (κ2) is 5.56. The van der Waals surface area contributed by atoms with Crippen LogP contribution in [0.3, 0.4) is 0 Å². The number of rotatable bonds is 4. The van der Waals surface area contributed by atoms with E-state index in [4.69, 9.17) is 10.00 Å². The molecule has 0 aliphatic heterocycles. The van der Waals surface area contributed by atoms with E-state index in [1.807, 2.05) is 24.3 Å². The van der Waals surface area contributed by atoms with Crippen molar-refractivity contribution >= 4 is 11.8 Å². The number of hydrogen-bond acceptors (Lipinski definition) is 3. The maximum absolute atomic E-state index is 8.51. The van der Waals surface area contributed by atoms with Gasteiger partial charge in [0, 0.05) is 16.6 Å². The Balaban J connectivity index is 2.56. The molecule has 2 nitrogen and oxygen atoms in total. The quantitative estimate of drug-likeness (QED) is 0.711. The minimum Gasteiger partial charge on any atom is -0.497 e. The van der Waals surface area contributed by atoms with Crippen LogP contribution in [0.1, 0.15) is 13.3 Å². The largest absolute Gasteiger partial charge is 0.497 e. The Morgan fingerprint density at radius 3 is 2.57 bits per heavy atom. The lowest BCUT2D eigenvalue weighted by Crippen LogP contribution is -1.92. The smallest absolute Gasteiger partial charge is 0.118 e. The molecule has 0 aromatic heterocycles. The van der Waals surface area contributed by atoms with Gasteiger partial charge in [-0.25, -0.2) is 0 Å². The van der Waals surface area contributed by atoms with Crippen LogP contribution in [0.2, 0.25) is 0 Å². The summed E-state index contributed by atoms with van der Waals surface area (Å²) in [5, 5.41) is 8.85. The average Bonchev–Trinajstić information content (AvgIpc) is 2.19. The number of ether oxygens (including phenoxy) is 1. The standard InChI is InChI=1S/C11H13NOS/c1-9(7-8-12)14-11-5-3-10(13-2)4-6-11/h3-6,9H,7H2,1-2H3. The molecule has 1 rings (SSSR count). The van der Waals surface area contributed by atoms with Gasteiger partial charge in [-0.2, -0.15) is 5.26 Å². The van der Waals surface area contributed by atoms with Gasteiger partial charge in [-0.15, -0.1) is 11.8 Å². The molecule has 1 unspecified atom stereocenters. The summed E-state index contributed by atoms with van der Waals surface area (Å²) in [6.45, 7) is 2.05. The van der Waals surface area contributed by atoms with Gasteiger partial charge in [-0.05, 0) is 24.3 Å². The molecule has 74 valence electrons. The molecule has 0 bridgehead atoms. The van der Waals surface area contributed by atoms with E-state index in [0.29, 0.717) is 11.7 Å². The van der Waals surface area contributed by atoms with Gasteiger partial charge in [0.05, 0.1) is 13.2 Å². The Morgan fingerprint density at radius 2 is 2.07 bits per heavy atom. The molecule has 1 aromatic carbocycles. The molecular formula is C11H13NOS. The van der Waals surface area contributed by atoms with Crippen LogP contribution in [0.5, 0.6) is 5.75 Å². The van der Waals surface area contributed by atoms with Crippen LogP contribution in [0.15, 0.2) is 29.2 Å². The minimum absolute atomic E-state index is 0.341. The van der Waals surface area contributed by atoms with E-state index in [1.54, 1.807) is 18.9 Å². The first kappa shape index (κ1) is 10.9. The van der Waals surface area contributed by atoms with Crippen molar-refractivity contribution in [3.8, 4) is 11.8 Å². The molecule has 0 heterocycles. The number of benzene rings is 1. The molecule has 0 saturated carbocycles. The number of methoxy groups -OCH3 is 1. The summed E-state index contributed by atoms with van der Waals surface area (Å²) in [5.74, 6) is 0.863. The average molecular weight is 207 g/mol. The first-order valence-electron chi connectivity index (χ1n) is 4.44. The fourth-order valence-corrected chi connectivity index (χ4v) is 1.97. The van der Waals surface area contributed by atoms with Crippen LogP contribution in [0.25, 0.3) is 0 Å². The van der Waals surface area contributed by atoms with Crippen LogP contribution in [-0.2, 0) is 0 Å². The van der Waals surface area contributed by atoms with Gasteiger partial charge in [0.25, 0.3) is 0 Å². The molecule has 0 radical (unpaired) electrons. The van der Waals surface area contributed by atoms with Gasteiger partial charge in [-0.1, -0.05) is 6.92 Å². The third-order valence-electron chi connectivity index (χ3n) is 1.78. The van der Waals surface area contributed by atoms with E-state index < -0.39 is 0 Å². The molecule has 0 aliphatic rings. The zero-order valence-corrected chi connectivity index (χ0v) is 9.17. The van der Waals surface area contributed by atoms with Crippen molar-refractivity contribution in [1.29, 1.82) is 5.26 Å². The molecule has 0 fully saturated rings. The highest BCUT2D eigenvalue weighted by molar-refractivity contribution is 7.99. The highest BCUT2D eigenvalue weighted by Crippen LogP contribution is 2.26. The SMILES string of the molecule is COc1ccc(SC(C)CC#N)cc1. The van der Waals surface area contributed by atoms with Gasteiger partial charge < -0.3 is 4.74 Å². The molecule has 14 heavy (non-hydrogen) atoms. The number of nitrogens with zero attached hydrogens (tertiary/aromatic N) is 1. The maximum atomic E-state index is 8.51.